The number of nitrogens with zero attached hydrogens (tertiary/aromatic N) is 3. The molecule has 0 spiro atoms. The molecule has 3 aromatic rings. The number of rotatable bonds is 7. The fourth-order valence-electron chi connectivity index (χ4n) is 3.40. The van der Waals surface area contributed by atoms with Crippen LogP contribution in [0, 0.1) is 0 Å². The highest BCUT2D eigenvalue weighted by Crippen LogP contribution is 2.42. The van der Waals surface area contributed by atoms with Crippen LogP contribution in [0.15, 0.2) is 53.0 Å². The molecule has 2 N–H and O–H groups in total. The minimum absolute atomic E-state index is 0.0319. The minimum atomic E-state index is -0.235. The lowest BCUT2D eigenvalue weighted by Crippen LogP contribution is -2.28. The summed E-state index contributed by atoms with van der Waals surface area (Å²) in [6.07, 6.45) is 2.49. The molecule has 1 heterocycles. The predicted octanol–water partition coefficient (Wildman–Crippen LogP) is 4.75. The molecule has 0 aliphatic heterocycles. The van der Waals surface area contributed by atoms with Gasteiger partial charge in [-0.3, -0.25) is 9.59 Å². The zero-order valence-electron chi connectivity index (χ0n) is 17.4. The van der Waals surface area contributed by atoms with Gasteiger partial charge in [0.2, 0.25) is 5.91 Å². The Balaban J connectivity index is 1.51. The van der Waals surface area contributed by atoms with E-state index in [-0.39, 0.29) is 17.9 Å². The van der Waals surface area contributed by atoms with Crippen molar-refractivity contribution in [3.63, 3.8) is 0 Å². The molecule has 0 radical (unpaired) electrons. The first-order valence-electron chi connectivity index (χ1n) is 10.4. The number of aromatic nitrogens is 3. The van der Waals surface area contributed by atoms with E-state index in [2.05, 4.69) is 36.9 Å². The van der Waals surface area contributed by atoms with Crippen molar-refractivity contribution in [2.24, 2.45) is 0 Å². The Bertz CT molecular complexity index is 1090. The molecule has 0 bridgehead atoms. The molecule has 31 heavy (non-hydrogen) atoms. The summed E-state index contributed by atoms with van der Waals surface area (Å²) in [5.41, 5.74) is 3.81. The molecular weight excluding hydrogens is 458 g/mol. The lowest BCUT2D eigenvalue weighted by molar-refractivity contribution is -0.115. The van der Waals surface area contributed by atoms with E-state index in [1.807, 2.05) is 62.4 Å². The third kappa shape index (κ3) is 4.85. The van der Waals surface area contributed by atoms with Crippen molar-refractivity contribution in [1.82, 2.24) is 20.3 Å². The second-order valence-corrected chi connectivity index (χ2v) is 8.62. The van der Waals surface area contributed by atoms with Gasteiger partial charge < -0.3 is 10.6 Å². The average molecular weight is 482 g/mol. The molecule has 0 saturated heterocycles. The summed E-state index contributed by atoms with van der Waals surface area (Å²) in [6.45, 7) is 3.73. The first-order valence-corrected chi connectivity index (χ1v) is 11.2. The smallest absolute Gasteiger partial charge is 0.274 e. The summed E-state index contributed by atoms with van der Waals surface area (Å²) >= 11 is 3.45. The highest BCUT2D eigenvalue weighted by atomic mass is 79.9. The fourth-order valence-corrected chi connectivity index (χ4v) is 3.66. The van der Waals surface area contributed by atoms with E-state index in [1.165, 1.54) is 0 Å². The Morgan fingerprint density at radius 3 is 2.42 bits per heavy atom. The van der Waals surface area contributed by atoms with Crippen LogP contribution >= 0.6 is 15.9 Å². The van der Waals surface area contributed by atoms with Gasteiger partial charge in [-0.25, -0.2) is 4.68 Å². The minimum Gasteiger partial charge on any atom is -0.344 e. The van der Waals surface area contributed by atoms with Gasteiger partial charge in [-0.1, -0.05) is 40.2 Å². The van der Waals surface area contributed by atoms with Crippen LogP contribution in [0.3, 0.4) is 0 Å². The number of benzene rings is 2. The van der Waals surface area contributed by atoms with Crippen molar-refractivity contribution in [2.75, 3.05) is 5.32 Å². The van der Waals surface area contributed by atoms with Gasteiger partial charge in [0.05, 0.1) is 17.4 Å². The Morgan fingerprint density at radius 2 is 1.81 bits per heavy atom. The van der Waals surface area contributed by atoms with Crippen LogP contribution in [-0.2, 0) is 4.79 Å². The maximum Gasteiger partial charge on any atom is 0.274 e. The van der Waals surface area contributed by atoms with E-state index in [9.17, 15) is 9.59 Å². The van der Waals surface area contributed by atoms with Gasteiger partial charge in [-0.2, -0.15) is 0 Å². The van der Waals surface area contributed by atoms with E-state index in [4.69, 9.17) is 0 Å². The van der Waals surface area contributed by atoms with Crippen molar-refractivity contribution in [2.45, 2.75) is 45.1 Å². The molecule has 1 atom stereocenters. The number of amides is 2. The molecule has 1 aromatic heterocycles. The average Bonchev–Trinajstić information content (AvgIpc) is 3.52. The molecular formula is C23H24BrN5O2. The molecule has 1 aliphatic carbocycles. The predicted molar refractivity (Wildman–Crippen MR) is 122 cm³/mol. The normalized spacial score (nSPS) is 14.2. The summed E-state index contributed by atoms with van der Waals surface area (Å²) in [7, 11) is 0. The van der Waals surface area contributed by atoms with Crippen LogP contribution in [0.1, 0.15) is 66.8 Å². The van der Waals surface area contributed by atoms with E-state index in [0.29, 0.717) is 18.0 Å². The highest BCUT2D eigenvalue weighted by molar-refractivity contribution is 9.10. The van der Waals surface area contributed by atoms with Gasteiger partial charge in [0.15, 0.2) is 5.69 Å². The number of hydrogen-bond donors (Lipinski definition) is 2. The van der Waals surface area contributed by atoms with Crippen molar-refractivity contribution in [3.8, 4) is 5.69 Å². The second kappa shape index (κ2) is 9.01. The molecule has 2 amide bonds. The maximum absolute atomic E-state index is 13.0. The number of carbonyl (C=O) groups is 2. The van der Waals surface area contributed by atoms with Crippen molar-refractivity contribution >= 4 is 33.4 Å². The number of carbonyl (C=O) groups excluding carboxylic acids is 2. The van der Waals surface area contributed by atoms with Crippen LogP contribution in [-0.4, -0.2) is 26.8 Å². The third-order valence-electron chi connectivity index (χ3n) is 5.32. The van der Waals surface area contributed by atoms with Gasteiger partial charge in [-0.15, -0.1) is 5.10 Å². The van der Waals surface area contributed by atoms with Gasteiger partial charge in [-0.05, 0) is 61.7 Å². The lowest BCUT2D eigenvalue weighted by atomic mass is 10.1. The summed E-state index contributed by atoms with van der Waals surface area (Å²) in [5.74, 6) is 0.0351. The van der Waals surface area contributed by atoms with Crippen LogP contribution in [0.5, 0.6) is 0 Å². The van der Waals surface area contributed by atoms with Crippen molar-refractivity contribution < 1.29 is 9.59 Å². The molecule has 4 rings (SSSR count). The lowest BCUT2D eigenvalue weighted by Gasteiger charge is -2.15. The number of halogens is 1. The molecule has 1 fully saturated rings. The molecule has 8 heteroatoms. The molecule has 160 valence electrons. The van der Waals surface area contributed by atoms with E-state index < -0.39 is 0 Å². The Hall–Kier alpha value is -3.00. The largest absolute Gasteiger partial charge is 0.344 e. The third-order valence-corrected chi connectivity index (χ3v) is 5.85. The Kier molecular flexibility index (Phi) is 6.18. The Morgan fingerprint density at radius 1 is 1.13 bits per heavy atom. The molecule has 7 nitrogen and oxygen atoms in total. The van der Waals surface area contributed by atoms with Gasteiger partial charge >= 0.3 is 0 Å². The van der Waals surface area contributed by atoms with Crippen LogP contribution in [0.2, 0.25) is 0 Å². The van der Waals surface area contributed by atoms with Crippen LogP contribution in [0.4, 0.5) is 5.69 Å². The zero-order valence-corrected chi connectivity index (χ0v) is 19.0. The van der Waals surface area contributed by atoms with E-state index >= 15 is 0 Å². The number of hydrogen-bond acceptors (Lipinski definition) is 4. The summed E-state index contributed by atoms with van der Waals surface area (Å²) in [5, 5.41) is 14.4. The van der Waals surface area contributed by atoms with Gasteiger partial charge in [0.25, 0.3) is 5.91 Å². The molecule has 2 aromatic carbocycles. The first kappa shape index (κ1) is 21.2. The summed E-state index contributed by atoms with van der Waals surface area (Å²) in [4.78, 5) is 24.6. The standard InChI is InChI=1S/C23H24BrN5O2/c1-3-20(30)26-18-10-6-15(7-11-18)14(2)25-23(31)21-22(16-4-5-16)29(28-27-21)19-12-8-17(24)9-13-19/h6-14,16H,3-5H2,1-2H3,(H,25,31)(H,26,30). The SMILES string of the molecule is CCC(=O)Nc1ccc(C(C)NC(=O)c2nnn(-c3ccc(Br)cc3)c2C2CC2)cc1. The first-order chi connectivity index (χ1) is 15.0. The monoisotopic (exact) mass is 481 g/mol. The van der Waals surface area contributed by atoms with Gasteiger partial charge in [0, 0.05) is 22.5 Å². The van der Waals surface area contributed by atoms with E-state index in [0.717, 1.165) is 39.9 Å². The highest BCUT2D eigenvalue weighted by Gasteiger charge is 2.34. The Labute approximate surface area is 189 Å². The maximum atomic E-state index is 13.0. The van der Waals surface area contributed by atoms with Crippen molar-refractivity contribution in [3.05, 3.63) is 70.0 Å². The molecule has 1 unspecified atom stereocenters. The quantitative estimate of drug-likeness (QED) is 0.509. The molecule has 1 aliphatic rings. The van der Waals surface area contributed by atoms with Crippen LogP contribution < -0.4 is 10.6 Å². The van der Waals surface area contributed by atoms with Crippen molar-refractivity contribution in [1.29, 1.82) is 0 Å². The fraction of sp³-hybridized carbons (Fsp3) is 0.304. The number of anilines is 1. The topological polar surface area (TPSA) is 88.9 Å². The van der Waals surface area contributed by atoms with Gasteiger partial charge in [0.1, 0.15) is 0 Å². The van der Waals surface area contributed by atoms with E-state index in [1.54, 1.807) is 4.68 Å². The zero-order chi connectivity index (χ0) is 22.0. The molecule has 1 saturated carbocycles. The van der Waals surface area contributed by atoms with Crippen LogP contribution in [0.25, 0.3) is 5.69 Å². The number of nitrogens with one attached hydrogen (secondary N) is 2. The summed E-state index contributed by atoms with van der Waals surface area (Å²) in [6, 6.07) is 15.1. The summed E-state index contributed by atoms with van der Waals surface area (Å²) < 4.78 is 2.76. The second-order valence-electron chi connectivity index (χ2n) is 7.70.